The molecule has 1 fully saturated rings. The van der Waals surface area contributed by atoms with E-state index in [-0.39, 0.29) is 17.7 Å². The van der Waals surface area contributed by atoms with Gasteiger partial charge >= 0.3 is 0 Å². The lowest BCUT2D eigenvalue weighted by Gasteiger charge is -2.29. The lowest BCUT2D eigenvalue weighted by Crippen LogP contribution is -2.55. The van der Waals surface area contributed by atoms with Crippen molar-refractivity contribution in [1.29, 1.82) is 0 Å². The Balaban J connectivity index is 1.52. The summed E-state index contributed by atoms with van der Waals surface area (Å²) in [5.41, 5.74) is 7.95. The van der Waals surface area contributed by atoms with E-state index in [1.807, 2.05) is 24.3 Å². The highest BCUT2D eigenvalue weighted by Gasteiger charge is 2.41. The summed E-state index contributed by atoms with van der Waals surface area (Å²) in [4.78, 5) is 25.6. The Morgan fingerprint density at radius 2 is 1.55 bits per heavy atom. The third-order valence-corrected chi connectivity index (χ3v) is 6.30. The lowest BCUT2D eigenvalue weighted by molar-refractivity contribution is 0.0598. The molecule has 0 unspecified atom stereocenters. The first-order valence-corrected chi connectivity index (χ1v) is 11.1. The van der Waals surface area contributed by atoms with Crippen molar-refractivity contribution in [2.45, 2.75) is 31.8 Å². The van der Waals surface area contributed by atoms with Crippen LogP contribution < -0.4 is 10.9 Å². The molecule has 150 valence electrons. The van der Waals surface area contributed by atoms with Crippen molar-refractivity contribution in [3.05, 3.63) is 68.6 Å². The molecule has 0 bridgehead atoms. The fraction of sp³-hybridized carbons (Fsp3) is 0.286. The van der Waals surface area contributed by atoms with E-state index in [9.17, 15) is 9.59 Å². The van der Waals surface area contributed by atoms with Crippen LogP contribution in [-0.4, -0.2) is 28.7 Å². The molecule has 0 aromatic heterocycles. The zero-order valence-corrected chi connectivity index (χ0v) is 18.7. The Morgan fingerprint density at radius 3 is 2.21 bits per heavy atom. The van der Waals surface area contributed by atoms with Crippen LogP contribution in [0.1, 0.15) is 46.4 Å². The van der Waals surface area contributed by atoms with E-state index >= 15 is 0 Å². The number of nitrogens with zero attached hydrogens (tertiary/aromatic N) is 2. The molecule has 1 aliphatic heterocycles. The summed E-state index contributed by atoms with van der Waals surface area (Å²) in [5.74, 6) is -0.332. The van der Waals surface area contributed by atoms with Gasteiger partial charge in [-0.3, -0.25) is 15.0 Å². The predicted octanol–water partition coefficient (Wildman–Crippen LogP) is 4.47. The zero-order valence-electron chi connectivity index (χ0n) is 15.6. The highest BCUT2D eigenvalue weighted by Crippen LogP contribution is 2.32. The molecule has 6 nitrogen and oxygen atoms in total. The third kappa shape index (κ3) is 4.44. The van der Waals surface area contributed by atoms with Gasteiger partial charge in [-0.25, -0.2) is 10.4 Å². The number of fused-ring (bicyclic) bond motifs is 1. The first kappa shape index (κ1) is 20.3. The molecule has 1 aliphatic carbocycles. The van der Waals surface area contributed by atoms with Gasteiger partial charge in [-0.05, 0) is 67.8 Å². The Labute approximate surface area is 186 Å². The van der Waals surface area contributed by atoms with Crippen LogP contribution in [0.25, 0.3) is 0 Å². The van der Waals surface area contributed by atoms with Crippen molar-refractivity contribution in [3.63, 3.8) is 0 Å². The van der Waals surface area contributed by atoms with E-state index in [0.717, 1.165) is 40.3 Å². The average Bonchev–Trinajstić information content (AvgIpc) is 3.11. The molecule has 2 aromatic carbocycles. The van der Waals surface area contributed by atoms with Crippen molar-refractivity contribution in [1.82, 2.24) is 15.9 Å². The quantitative estimate of drug-likeness (QED) is 0.585. The minimum absolute atomic E-state index is 0.105. The van der Waals surface area contributed by atoms with Gasteiger partial charge in [-0.2, -0.15) is 5.10 Å². The van der Waals surface area contributed by atoms with Crippen LogP contribution in [-0.2, 0) is 0 Å². The first-order valence-electron chi connectivity index (χ1n) is 9.51. The average molecular weight is 520 g/mol. The van der Waals surface area contributed by atoms with Crippen molar-refractivity contribution in [2.75, 3.05) is 0 Å². The number of halogens is 2. The summed E-state index contributed by atoms with van der Waals surface area (Å²) >= 11 is 6.76. The highest BCUT2D eigenvalue weighted by atomic mass is 79.9. The van der Waals surface area contributed by atoms with Gasteiger partial charge < -0.3 is 0 Å². The van der Waals surface area contributed by atoms with Crippen LogP contribution in [0.5, 0.6) is 0 Å². The molecule has 2 amide bonds. The van der Waals surface area contributed by atoms with Gasteiger partial charge in [0.15, 0.2) is 0 Å². The topological polar surface area (TPSA) is 73.8 Å². The SMILES string of the molecule is O=C(NN[C@H]1[C@H]2CCCCC2=NN1C(=O)c1ccc(Br)cc1)c1ccc(Br)cc1. The van der Waals surface area contributed by atoms with E-state index in [0.29, 0.717) is 11.1 Å². The number of hydrazone groups is 1. The standard InChI is InChI=1S/C21H20Br2N4O2/c22-15-9-5-13(6-10-15)20(28)25-24-19-17-3-1-2-4-18(17)26-27(19)21(29)14-7-11-16(23)12-8-14/h5-12,17,19,24H,1-4H2,(H,25,28)/t17-,19+/m0/s1. The third-order valence-electron chi connectivity index (χ3n) is 5.25. The van der Waals surface area contributed by atoms with Gasteiger partial charge in [0.25, 0.3) is 11.8 Å². The van der Waals surface area contributed by atoms with Gasteiger partial charge in [-0.1, -0.05) is 38.3 Å². The van der Waals surface area contributed by atoms with E-state index in [4.69, 9.17) is 0 Å². The van der Waals surface area contributed by atoms with E-state index in [1.54, 1.807) is 24.3 Å². The highest BCUT2D eigenvalue weighted by molar-refractivity contribution is 9.10. The molecule has 1 heterocycles. The minimum Gasteiger partial charge on any atom is -0.285 e. The molecule has 4 rings (SSSR count). The number of nitrogens with one attached hydrogen (secondary N) is 2. The molecule has 0 spiro atoms. The molecule has 2 N–H and O–H groups in total. The monoisotopic (exact) mass is 518 g/mol. The maximum Gasteiger partial charge on any atom is 0.275 e. The van der Waals surface area contributed by atoms with Crippen LogP contribution in [0, 0.1) is 5.92 Å². The van der Waals surface area contributed by atoms with Crippen LogP contribution in [0.3, 0.4) is 0 Å². The second-order valence-corrected chi connectivity index (χ2v) is 8.98. The molecule has 8 heteroatoms. The zero-order chi connectivity index (χ0) is 20.4. The van der Waals surface area contributed by atoms with Crippen molar-refractivity contribution in [3.8, 4) is 0 Å². The second kappa shape index (κ2) is 8.77. The minimum atomic E-state index is -0.402. The second-order valence-electron chi connectivity index (χ2n) is 7.15. The van der Waals surface area contributed by atoms with Gasteiger partial charge in [0.1, 0.15) is 6.17 Å². The van der Waals surface area contributed by atoms with Crippen LogP contribution in [0.15, 0.2) is 62.6 Å². The Morgan fingerprint density at radius 1 is 0.931 bits per heavy atom. The predicted molar refractivity (Wildman–Crippen MR) is 118 cm³/mol. The summed E-state index contributed by atoms with van der Waals surface area (Å²) in [6.07, 6.45) is 3.58. The molecule has 1 saturated carbocycles. The summed E-state index contributed by atoms with van der Waals surface area (Å²) in [6, 6.07) is 14.3. The molecule has 2 aliphatic rings. The van der Waals surface area contributed by atoms with E-state index in [1.165, 1.54) is 5.01 Å². The lowest BCUT2D eigenvalue weighted by atomic mass is 9.86. The van der Waals surface area contributed by atoms with E-state index in [2.05, 4.69) is 47.8 Å². The molecular formula is C21H20Br2N4O2. The van der Waals surface area contributed by atoms with Gasteiger partial charge in [-0.15, -0.1) is 0 Å². The largest absolute Gasteiger partial charge is 0.285 e. The maximum absolute atomic E-state index is 13.1. The van der Waals surface area contributed by atoms with Crippen LogP contribution >= 0.6 is 31.9 Å². The van der Waals surface area contributed by atoms with E-state index < -0.39 is 6.17 Å². The number of amides is 2. The van der Waals surface area contributed by atoms with Crippen LogP contribution in [0.2, 0.25) is 0 Å². The number of hydrogen-bond acceptors (Lipinski definition) is 4. The fourth-order valence-corrected chi connectivity index (χ4v) is 4.26. The van der Waals surface area contributed by atoms with Crippen molar-refractivity contribution in [2.24, 2.45) is 11.0 Å². The molecule has 0 saturated heterocycles. The van der Waals surface area contributed by atoms with Crippen LogP contribution in [0.4, 0.5) is 0 Å². The summed E-state index contributed by atoms with van der Waals surface area (Å²) in [7, 11) is 0. The molecule has 2 atom stereocenters. The van der Waals surface area contributed by atoms with Gasteiger partial charge in [0.2, 0.25) is 0 Å². The maximum atomic E-state index is 13.1. The molecule has 2 aromatic rings. The Bertz CT molecular complexity index is 944. The number of carbonyl (C=O) groups is 2. The molecule has 29 heavy (non-hydrogen) atoms. The van der Waals surface area contributed by atoms with Crippen molar-refractivity contribution < 1.29 is 9.59 Å². The number of rotatable bonds is 4. The van der Waals surface area contributed by atoms with Gasteiger partial charge in [0.05, 0.1) is 0 Å². The summed E-state index contributed by atoms with van der Waals surface area (Å²) < 4.78 is 1.82. The molecular weight excluding hydrogens is 500 g/mol. The number of benzene rings is 2. The van der Waals surface area contributed by atoms with Gasteiger partial charge in [0, 0.05) is 31.7 Å². The normalized spacial score (nSPS) is 20.8. The smallest absolute Gasteiger partial charge is 0.275 e. The Hall–Kier alpha value is -2.03. The summed E-state index contributed by atoms with van der Waals surface area (Å²) in [5, 5.41) is 6.10. The summed E-state index contributed by atoms with van der Waals surface area (Å²) in [6.45, 7) is 0. The Kier molecular flexibility index (Phi) is 6.12. The number of hydrogen-bond donors (Lipinski definition) is 2. The molecule has 0 radical (unpaired) electrons. The fourth-order valence-electron chi connectivity index (χ4n) is 3.73. The first-order chi connectivity index (χ1) is 14.0. The van der Waals surface area contributed by atoms with Crippen molar-refractivity contribution >= 4 is 49.4 Å². The number of carbonyl (C=O) groups excluding carboxylic acids is 2. The number of hydrazine groups is 1.